The van der Waals surface area contributed by atoms with E-state index in [2.05, 4.69) is 32.6 Å². The van der Waals surface area contributed by atoms with Crippen LogP contribution in [-0.2, 0) is 6.42 Å². The largest absolute Gasteiger partial charge is 0.338 e. The number of para-hydroxylation sites is 1. The summed E-state index contributed by atoms with van der Waals surface area (Å²) in [7, 11) is 0. The van der Waals surface area contributed by atoms with E-state index in [4.69, 9.17) is 0 Å². The number of aromatic nitrogens is 4. The first kappa shape index (κ1) is 22.8. The van der Waals surface area contributed by atoms with E-state index in [1.807, 2.05) is 108 Å². The molecule has 39 heavy (non-hydrogen) atoms. The Morgan fingerprint density at radius 2 is 1.36 bits per heavy atom. The molecule has 4 aromatic carbocycles. The normalized spacial score (nSPS) is 11.5. The molecule has 2 aromatic heterocycles. The van der Waals surface area contributed by atoms with Gasteiger partial charge in [0, 0.05) is 29.3 Å². The second kappa shape index (κ2) is 9.50. The molecule has 1 N–H and O–H groups in total. The van der Waals surface area contributed by atoms with E-state index in [1.54, 1.807) is 6.20 Å². The zero-order valence-electron chi connectivity index (χ0n) is 21.0. The molecule has 0 radical (unpaired) electrons. The molecule has 1 aliphatic heterocycles. The standard InChI is InChI=1S/C33H23N5O/c39-30(25-18-16-24(17-19-25)23-7-2-1-3-8-23)21-22-12-14-26(15-13-22)32-36-37-33-27-9-4-5-10-28(27)35-31-29(38(32)33)11-6-20-34-31/h1-20H,21H2,(H,34,35). The highest BCUT2D eigenvalue weighted by Crippen LogP contribution is 2.39. The van der Waals surface area contributed by atoms with E-state index >= 15 is 0 Å². The average Bonchev–Trinajstić information content (AvgIpc) is 3.37. The molecule has 6 heteroatoms. The zero-order chi connectivity index (χ0) is 26.2. The third-order valence-electron chi connectivity index (χ3n) is 7.00. The number of ketones is 1. The van der Waals surface area contributed by atoms with Crippen molar-refractivity contribution < 1.29 is 4.79 Å². The van der Waals surface area contributed by atoms with Gasteiger partial charge in [-0.1, -0.05) is 91.0 Å². The maximum absolute atomic E-state index is 13.0. The predicted molar refractivity (Wildman–Crippen MR) is 153 cm³/mol. The number of nitrogens with zero attached hydrogens (tertiary/aromatic N) is 4. The Bertz CT molecular complexity index is 1810. The lowest BCUT2D eigenvalue weighted by Crippen LogP contribution is -2.04. The SMILES string of the molecule is O=C(Cc1ccc(-c2nnc3n2-c2cccnc2Nc2ccccc2-3)cc1)c1ccc(-c2ccccc2)cc1. The Balaban J connectivity index is 1.17. The lowest BCUT2D eigenvalue weighted by atomic mass is 9.99. The molecular formula is C33H23N5O. The molecule has 0 unspecified atom stereocenters. The summed E-state index contributed by atoms with van der Waals surface area (Å²) in [5.41, 5.74) is 7.55. The van der Waals surface area contributed by atoms with Gasteiger partial charge < -0.3 is 5.32 Å². The first-order valence-electron chi connectivity index (χ1n) is 12.8. The summed E-state index contributed by atoms with van der Waals surface area (Å²) in [4.78, 5) is 17.6. The van der Waals surface area contributed by atoms with Crippen molar-refractivity contribution in [3.63, 3.8) is 0 Å². The maximum atomic E-state index is 13.0. The van der Waals surface area contributed by atoms with Crippen molar-refractivity contribution >= 4 is 17.3 Å². The molecule has 186 valence electrons. The lowest BCUT2D eigenvalue weighted by molar-refractivity contribution is 0.0993. The van der Waals surface area contributed by atoms with Gasteiger partial charge in [-0.15, -0.1) is 10.2 Å². The molecule has 0 saturated carbocycles. The molecule has 0 aliphatic carbocycles. The van der Waals surface area contributed by atoms with Crippen molar-refractivity contribution in [2.24, 2.45) is 0 Å². The highest BCUT2D eigenvalue weighted by molar-refractivity contribution is 5.98. The molecule has 0 bridgehead atoms. The quantitative estimate of drug-likeness (QED) is 0.252. The second-order valence-electron chi connectivity index (χ2n) is 9.46. The van der Waals surface area contributed by atoms with E-state index in [0.29, 0.717) is 17.8 Å². The smallest absolute Gasteiger partial charge is 0.171 e. The Morgan fingerprint density at radius 1 is 0.667 bits per heavy atom. The van der Waals surface area contributed by atoms with Crippen molar-refractivity contribution in [2.75, 3.05) is 5.32 Å². The summed E-state index contributed by atoms with van der Waals surface area (Å²) in [6, 6.07) is 37.9. The fourth-order valence-corrected chi connectivity index (χ4v) is 5.00. The molecule has 6 aromatic rings. The number of fused-ring (bicyclic) bond motifs is 5. The fourth-order valence-electron chi connectivity index (χ4n) is 5.00. The summed E-state index contributed by atoms with van der Waals surface area (Å²) in [6.07, 6.45) is 2.09. The Morgan fingerprint density at radius 3 is 2.18 bits per heavy atom. The van der Waals surface area contributed by atoms with Crippen LogP contribution in [0.4, 0.5) is 11.5 Å². The highest BCUT2D eigenvalue weighted by atomic mass is 16.1. The Hall–Kier alpha value is -5.36. The van der Waals surface area contributed by atoms with Gasteiger partial charge >= 0.3 is 0 Å². The summed E-state index contributed by atoms with van der Waals surface area (Å²) in [6.45, 7) is 0. The monoisotopic (exact) mass is 505 g/mol. The third-order valence-corrected chi connectivity index (χ3v) is 7.00. The van der Waals surface area contributed by atoms with E-state index in [1.165, 1.54) is 0 Å². The summed E-state index contributed by atoms with van der Waals surface area (Å²) < 4.78 is 2.04. The van der Waals surface area contributed by atoms with Crippen LogP contribution in [0.3, 0.4) is 0 Å². The molecule has 0 amide bonds. The van der Waals surface area contributed by atoms with Crippen molar-refractivity contribution in [1.29, 1.82) is 0 Å². The van der Waals surface area contributed by atoms with Gasteiger partial charge in [0.25, 0.3) is 0 Å². The minimum atomic E-state index is 0.0846. The number of rotatable bonds is 5. The van der Waals surface area contributed by atoms with Crippen LogP contribution in [0.1, 0.15) is 15.9 Å². The minimum Gasteiger partial charge on any atom is -0.338 e. The molecular weight excluding hydrogens is 482 g/mol. The van der Waals surface area contributed by atoms with Gasteiger partial charge in [-0.05, 0) is 41.0 Å². The van der Waals surface area contributed by atoms with Gasteiger partial charge in [0.05, 0.1) is 11.4 Å². The molecule has 7 rings (SSSR count). The minimum absolute atomic E-state index is 0.0846. The van der Waals surface area contributed by atoms with Crippen LogP contribution in [0.25, 0.3) is 39.6 Å². The van der Waals surface area contributed by atoms with E-state index in [-0.39, 0.29) is 5.78 Å². The number of hydrogen-bond donors (Lipinski definition) is 1. The molecule has 1 aliphatic rings. The van der Waals surface area contributed by atoms with Gasteiger partial charge in [0.15, 0.2) is 23.2 Å². The average molecular weight is 506 g/mol. The van der Waals surface area contributed by atoms with Crippen molar-refractivity contribution in [1.82, 2.24) is 19.7 Å². The van der Waals surface area contributed by atoms with Crippen LogP contribution >= 0.6 is 0 Å². The first-order valence-corrected chi connectivity index (χ1v) is 12.8. The highest BCUT2D eigenvalue weighted by Gasteiger charge is 2.24. The fraction of sp³-hybridized carbons (Fsp3) is 0.0303. The van der Waals surface area contributed by atoms with Gasteiger partial charge in [0.1, 0.15) is 0 Å². The van der Waals surface area contributed by atoms with Crippen LogP contribution in [0.2, 0.25) is 0 Å². The lowest BCUT2D eigenvalue weighted by Gasteiger charge is -2.11. The summed E-state index contributed by atoms with van der Waals surface area (Å²) in [5, 5.41) is 12.6. The summed E-state index contributed by atoms with van der Waals surface area (Å²) >= 11 is 0. The second-order valence-corrected chi connectivity index (χ2v) is 9.46. The molecule has 0 saturated heterocycles. The zero-order valence-corrected chi connectivity index (χ0v) is 21.0. The van der Waals surface area contributed by atoms with Crippen LogP contribution in [0.15, 0.2) is 121 Å². The first-order chi connectivity index (χ1) is 19.2. The molecule has 0 spiro atoms. The number of benzene rings is 4. The third kappa shape index (κ3) is 4.18. The van der Waals surface area contributed by atoms with Gasteiger partial charge in [-0.3, -0.25) is 9.36 Å². The number of carbonyl (C=O) groups excluding carboxylic acids is 1. The predicted octanol–water partition coefficient (Wildman–Crippen LogP) is 7.15. The number of Topliss-reactive ketones (excluding diaryl/α,β-unsaturated/α-hetero) is 1. The Kier molecular flexibility index (Phi) is 5.56. The van der Waals surface area contributed by atoms with E-state index in [9.17, 15) is 4.79 Å². The van der Waals surface area contributed by atoms with Crippen molar-refractivity contribution in [3.05, 3.63) is 133 Å². The number of carbonyl (C=O) groups is 1. The van der Waals surface area contributed by atoms with Crippen LogP contribution < -0.4 is 5.32 Å². The molecule has 6 nitrogen and oxygen atoms in total. The summed E-state index contributed by atoms with van der Waals surface area (Å²) in [5.74, 6) is 2.29. The van der Waals surface area contributed by atoms with Crippen LogP contribution in [-0.4, -0.2) is 25.5 Å². The molecule has 3 heterocycles. The van der Waals surface area contributed by atoms with Crippen LogP contribution in [0, 0.1) is 0 Å². The van der Waals surface area contributed by atoms with Crippen molar-refractivity contribution in [2.45, 2.75) is 6.42 Å². The van der Waals surface area contributed by atoms with Crippen molar-refractivity contribution in [3.8, 4) is 39.6 Å². The topological polar surface area (TPSA) is 72.7 Å². The number of hydrogen-bond acceptors (Lipinski definition) is 5. The van der Waals surface area contributed by atoms with Gasteiger partial charge in [0.2, 0.25) is 0 Å². The van der Waals surface area contributed by atoms with E-state index < -0.39 is 0 Å². The number of pyridine rings is 1. The number of nitrogens with one attached hydrogen (secondary N) is 1. The van der Waals surface area contributed by atoms with Gasteiger partial charge in [-0.25, -0.2) is 4.98 Å². The number of anilines is 2. The maximum Gasteiger partial charge on any atom is 0.171 e. The molecule has 0 fully saturated rings. The Labute approximate surface area is 225 Å². The van der Waals surface area contributed by atoms with Crippen LogP contribution in [0.5, 0.6) is 0 Å². The molecule has 0 atom stereocenters. The van der Waals surface area contributed by atoms with Gasteiger partial charge in [-0.2, -0.15) is 0 Å². The van der Waals surface area contributed by atoms with E-state index in [0.717, 1.165) is 50.8 Å².